The number of aryl methyl sites for hydroxylation is 1. The number of ketones is 1. The minimum Gasteiger partial charge on any atom is -0.324 e. The lowest BCUT2D eigenvalue weighted by Gasteiger charge is -2.16. The van der Waals surface area contributed by atoms with Crippen molar-refractivity contribution in [3.05, 3.63) is 64.5 Å². The second-order valence-corrected chi connectivity index (χ2v) is 7.93. The third-order valence-electron chi connectivity index (χ3n) is 4.96. The van der Waals surface area contributed by atoms with Crippen molar-refractivity contribution in [2.24, 2.45) is 0 Å². The summed E-state index contributed by atoms with van der Waals surface area (Å²) in [4.78, 5) is 16.5. The Kier molecular flexibility index (Phi) is 6.08. The van der Waals surface area contributed by atoms with Crippen molar-refractivity contribution in [2.75, 3.05) is 0 Å². The van der Waals surface area contributed by atoms with Crippen molar-refractivity contribution in [3.8, 4) is 5.69 Å². The molecule has 2 aromatic heterocycles. The van der Waals surface area contributed by atoms with Crippen LogP contribution in [-0.4, -0.2) is 25.1 Å². The van der Waals surface area contributed by atoms with Crippen molar-refractivity contribution in [2.45, 2.75) is 52.3 Å². The van der Waals surface area contributed by atoms with Gasteiger partial charge in [0.2, 0.25) is 0 Å². The van der Waals surface area contributed by atoms with Gasteiger partial charge >= 0.3 is 6.18 Å². The van der Waals surface area contributed by atoms with E-state index in [1.807, 2.05) is 26.0 Å². The standard InChI is InChI=1S/C21H22ClF3N4O/c1-12(2)20-15(10-26-29(20)17-7-5-16(22)6-8-17)9-18(30)13(3)28-11-19(21(23,24)25)27-14(28)4/h5-8,10-13H,9H2,1-4H3. The van der Waals surface area contributed by atoms with Crippen molar-refractivity contribution in [1.82, 2.24) is 19.3 Å². The fourth-order valence-electron chi connectivity index (χ4n) is 3.44. The first-order chi connectivity index (χ1) is 14.0. The van der Waals surface area contributed by atoms with Crippen LogP contribution in [0.3, 0.4) is 0 Å². The van der Waals surface area contributed by atoms with Gasteiger partial charge in [-0.15, -0.1) is 0 Å². The summed E-state index contributed by atoms with van der Waals surface area (Å²) in [5.74, 6) is -0.000930. The summed E-state index contributed by atoms with van der Waals surface area (Å²) in [7, 11) is 0. The van der Waals surface area contributed by atoms with Gasteiger partial charge in [0.1, 0.15) is 5.82 Å². The monoisotopic (exact) mass is 438 g/mol. The Morgan fingerprint density at radius 2 is 1.80 bits per heavy atom. The predicted octanol–water partition coefficient (Wildman–Crippen LogP) is 5.55. The molecule has 2 heterocycles. The molecule has 3 rings (SSSR count). The summed E-state index contributed by atoms with van der Waals surface area (Å²) in [6, 6.07) is 6.41. The van der Waals surface area contributed by atoms with Crippen molar-refractivity contribution in [1.29, 1.82) is 0 Å². The van der Waals surface area contributed by atoms with Gasteiger partial charge in [0.25, 0.3) is 0 Å². The Hall–Kier alpha value is -2.61. The Bertz CT molecular complexity index is 1050. The van der Waals surface area contributed by atoms with Crippen molar-refractivity contribution >= 4 is 17.4 Å². The third-order valence-corrected chi connectivity index (χ3v) is 5.21. The van der Waals surface area contributed by atoms with Crippen LogP contribution in [0.1, 0.15) is 55.5 Å². The van der Waals surface area contributed by atoms with Crippen molar-refractivity contribution in [3.63, 3.8) is 0 Å². The van der Waals surface area contributed by atoms with E-state index in [2.05, 4.69) is 10.1 Å². The average Bonchev–Trinajstić information content (AvgIpc) is 3.25. The molecule has 0 spiro atoms. The molecule has 1 aromatic carbocycles. The largest absolute Gasteiger partial charge is 0.434 e. The van der Waals surface area contributed by atoms with E-state index >= 15 is 0 Å². The van der Waals surface area contributed by atoms with E-state index in [1.54, 1.807) is 29.9 Å². The molecule has 9 heteroatoms. The molecule has 0 aliphatic heterocycles. The Balaban J connectivity index is 1.88. The number of nitrogens with zero attached hydrogens (tertiary/aromatic N) is 4. The van der Waals surface area contributed by atoms with Gasteiger partial charge in [-0.1, -0.05) is 25.4 Å². The highest BCUT2D eigenvalue weighted by Gasteiger charge is 2.35. The molecule has 0 bridgehead atoms. The van der Waals surface area contributed by atoms with E-state index in [0.717, 1.165) is 23.1 Å². The number of carbonyl (C=O) groups is 1. The Morgan fingerprint density at radius 3 is 2.33 bits per heavy atom. The van der Waals surface area contributed by atoms with Crippen LogP contribution in [0.2, 0.25) is 5.02 Å². The first-order valence-electron chi connectivity index (χ1n) is 9.47. The molecular weight excluding hydrogens is 417 g/mol. The number of Topliss-reactive ketones (excluding diaryl/α,β-unsaturated/α-hetero) is 1. The molecule has 3 aromatic rings. The number of rotatable bonds is 6. The maximum Gasteiger partial charge on any atom is 0.434 e. The highest BCUT2D eigenvalue weighted by Crippen LogP contribution is 2.30. The molecule has 1 atom stereocenters. The molecule has 5 nitrogen and oxygen atoms in total. The maximum atomic E-state index is 12.9. The molecule has 0 saturated heterocycles. The first-order valence-corrected chi connectivity index (χ1v) is 9.85. The number of carbonyl (C=O) groups excluding carboxylic acids is 1. The quantitative estimate of drug-likeness (QED) is 0.507. The molecule has 0 fully saturated rings. The molecule has 0 radical (unpaired) electrons. The van der Waals surface area contributed by atoms with E-state index in [1.165, 1.54) is 11.5 Å². The smallest absolute Gasteiger partial charge is 0.324 e. The third kappa shape index (κ3) is 4.43. The van der Waals surface area contributed by atoms with E-state index in [-0.39, 0.29) is 23.9 Å². The van der Waals surface area contributed by atoms with Crippen LogP contribution in [0, 0.1) is 6.92 Å². The van der Waals surface area contributed by atoms with Crippen LogP contribution >= 0.6 is 11.6 Å². The number of alkyl halides is 3. The molecule has 1 unspecified atom stereocenters. The van der Waals surface area contributed by atoms with Gasteiger partial charge in [0, 0.05) is 23.2 Å². The van der Waals surface area contributed by atoms with Gasteiger partial charge in [-0.2, -0.15) is 18.3 Å². The van der Waals surface area contributed by atoms with Crippen LogP contribution in [0.4, 0.5) is 13.2 Å². The molecule has 0 N–H and O–H groups in total. The minimum absolute atomic E-state index is 0.0568. The van der Waals surface area contributed by atoms with E-state index < -0.39 is 17.9 Å². The molecule has 0 aliphatic rings. The van der Waals surface area contributed by atoms with Gasteiger partial charge in [-0.25, -0.2) is 9.67 Å². The molecule has 0 aliphatic carbocycles. The molecule has 160 valence electrons. The maximum absolute atomic E-state index is 12.9. The van der Waals surface area contributed by atoms with Gasteiger partial charge < -0.3 is 4.57 Å². The lowest BCUT2D eigenvalue weighted by Crippen LogP contribution is -2.20. The molecule has 30 heavy (non-hydrogen) atoms. The van der Waals surface area contributed by atoms with E-state index in [4.69, 9.17) is 11.6 Å². The number of imidazole rings is 1. The highest BCUT2D eigenvalue weighted by molar-refractivity contribution is 6.30. The number of benzene rings is 1. The van der Waals surface area contributed by atoms with Gasteiger partial charge in [0.05, 0.1) is 23.6 Å². The lowest BCUT2D eigenvalue weighted by atomic mass is 9.99. The fourth-order valence-corrected chi connectivity index (χ4v) is 3.56. The number of aromatic nitrogens is 4. The topological polar surface area (TPSA) is 52.7 Å². The van der Waals surface area contributed by atoms with Gasteiger partial charge in [-0.3, -0.25) is 4.79 Å². The zero-order chi connectivity index (χ0) is 22.2. The number of hydrogen-bond acceptors (Lipinski definition) is 3. The summed E-state index contributed by atoms with van der Waals surface area (Å²) < 4.78 is 41.9. The molecule has 0 saturated carbocycles. The fraction of sp³-hybridized carbons (Fsp3) is 0.381. The normalized spacial score (nSPS) is 13.1. The van der Waals surface area contributed by atoms with Crippen LogP contribution in [0.25, 0.3) is 5.69 Å². The summed E-state index contributed by atoms with van der Waals surface area (Å²) in [5.41, 5.74) is 1.43. The SMILES string of the molecule is Cc1nc(C(F)(F)F)cn1C(C)C(=O)Cc1cnn(-c2ccc(Cl)cc2)c1C(C)C. The Labute approximate surface area is 177 Å². The van der Waals surface area contributed by atoms with Crippen LogP contribution in [-0.2, 0) is 17.4 Å². The highest BCUT2D eigenvalue weighted by atomic mass is 35.5. The first kappa shape index (κ1) is 22.1. The second kappa shape index (κ2) is 8.26. The second-order valence-electron chi connectivity index (χ2n) is 7.50. The van der Waals surface area contributed by atoms with E-state index in [0.29, 0.717) is 5.02 Å². The Morgan fingerprint density at radius 1 is 1.17 bits per heavy atom. The average molecular weight is 439 g/mol. The van der Waals surface area contributed by atoms with Gasteiger partial charge in [-0.05, 0) is 44.0 Å². The zero-order valence-electron chi connectivity index (χ0n) is 17.0. The number of halogens is 4. The van der Waals surface area contributed by atoms with Crippen molar-refractivity contribution < 1.29 is 18.0 Å². The van der Waals surface area contributed by atoms with Crippen LogP contribution in [0.15, 0.2) is 36.7 Å². The summed E-state index contributed by atoms with van der Waals surface area (Å²) >= 11 is 5.96. The van der Waals surface area contributed by atoms with Gasteiger partial charge in [0.15, 0.2) is 11.5 Å². The molecule has 0 amide bonds. The summed E-state index contributed by atoms with van der Waals surface area (Å²) in [5, 5.41) is 5.04. The van der Waals surface area contributed by atoms with E-state index in [9.17, 15) is 18.0 Å². The predicted molar refractivity (Wildman–Crippen MR) is 108 cm³/mol. The zero-order valence-corrected chi connectivity index (χ0v) is 17.8. The minimum atomic E-state index is -4.55. The van der Waals surface area contributed by atoms with Crippen LogP contribution in [0.5, 0.6) is 0 Å². The summed E-state index contributed by atoms with van der Waals surface area (Å²) in [6.45, 7) is 7.03. The number of hydrogen-bond donors (Lipinski definition) is 0. The van der Waals surface area contributed by atoms with Crippen LogP contribution < -0.4 is 0 Å². The molecular formula is C21H22ClF3N4O. The summed E-state index contributed by atoms with van der Waals surface area (Å²) in [6.07, 6.45) is -1.97. The lowest BCUT2D eigenvalue weighted by molar-refractivity contribution is -0.141.